The lowest BCUT2D eigenvalue weighted by Gasteiger charge is -2.12. The third kappa shape index (κ3) is 14.0. The molecule has 0 fully saturated rings. The number of hydrogen-bond donors (Lipinski definition) is 0. The van der Waals surface area contributed by atoms with Crippen LogP contribution in [0.5, 0.6) is 0 Å². The van der Waals surface area contributed by atoms with Crippen molar-refractivity contribution in [2.24, 2.45) is 0 Å². The molecule has 0 bridgehead atoms. The number of thiophene rings is 1. The molecule has 123 heavy (non-hydrogen) atoms. The summed E-state index contributed by atoms with van der Waals surface area (Å²) in [5, 5.41) is 6.58. The molecule has 0 aliphatic carbocycles. The molecular formula is C113H71N7O2S. The normalized spacial score (nSPS) is 11.4. The molecule has 9 heterocycles. The number of para-hydroxylation sites is 3. The molecule has 0 radical (unpaired) electrons. The summed E-state index contributed by atoms with van der Waals surface area (Å²) in [6, 6.07) is 146. The highest BCUT2D eigenvalue weighted by molar-refractivity contribution is 7.24. The van der Waals surface area contributed by atoms with E-state index in [1.165, 1.54) is 37.0 Å². The van der Waals surface area contributed by atoms with Gasteiger partial charge in [-0.05, 0) is 140 Å². The molecule has 0 saturated heterocycles. The van der Waals surface area contributed by atoms with Crippen molar-refractivity contribution in [3.63, 3.8) is 0 Å². The Labute approximate surface area is 713 Å². The van der Waals surface area contributed by atoms with Crippen molar-refractivity contribution in [3.05, 3.63) is 431 Å². The van der Waals surface area contributed by atoms with Crippen molar-refractivity contribution in [2.75, 3.05) is 0 Å². The minimum atomic E-state index is 0.680. The van der Waals surface area contributed by atoms with Gasteiger partial charge in [0.2, 0.25) is 0 Å². The zero-order valence-electron chi connectivity index (χ0n) is 66.3. The highest BCUT2D eigenvalue weighted by Gasteiger charge is 2.27. The fourth-order valence-corrected chi connectivity index (χ4v) is 18.3. The summed E-state index contributed by atoms with van der Waals surface area (Å²) in [6.07, 6.45) is 3.59. The molecule has 10 heteroatoms. The van der Waals surface area contributed by atoms with Crippen molar-refractivity contribution in [2.45, 2.75) is 0 Å². The molecule has 576 valence electrons. The van der Waals surface area contributed by atoms with Gasteiger partial charge in [-0.3, -0.25) is 9.97 Å². The zero-order valence-corrected chi connectivity index (χ0v) is 67.2. The van der Waals surface area contributed by atoms with E-state index in [0.29, 0.717) is 5.82 Å². The number of furan rings is 2. The van der Waals surface area contributed by atoms with Crippen LogP contribution in [0.3, 0.4) is 0 Å². The van der Waals surface area contributed by atoms with Crippen molar-refractivity contribution in [1.82, 2.24) is 34.9 Å². The van der Waals surface area contributed by atoms with Crippen LogP contribution in [-0.2, 0) is 0 Å². The number of benzene rings is 14. The quantitative estimate of drug-likeness (QED) is 0.0989. The number of rotatable bonds is 15. The molecule has 0 saturated carbocycles. The third-order valence-corrected chi connectivity index (χ3v) is 24.2. The minimum absolute atomic E-state index is 0.680. The molecule has 9 aromatic heterocycles. The van der Waals surface area contributed by atoms with E-state index in [4.69, 9.17) is 33.8 Å². The maximum Gasteiger partial charge on any atom is 0.160 e. The van der Waals surface area contributed by atoms with Gasteiger partial charge in [0.1, 0.15) is 22.5 Å². The van der Waals surface area contributed by atoms with E-state index in [-0.39, 0.29) is 0 Å². The SMILES string of the molecule is c1ccc(-c2nc(-c3ccc(-c4ccc(-c5nc6ccccc6c6sc(-c7ccccc7)c(-c7ccccc7)c56)cc4)cc3)cc(-c3cccc(-c4cccc5oc6ccccc6c45)c3)n2)cc1.c1ccc(-c2oc3c(c(-c4ccc(-c5ccc(-c6cc(-c7ccccn7)nc(-c7ccccn7)c6)cc5)cc4)nc4ccccc43)c2-c2ccccc2)cc1. The summed E-state index contributed by atoms with van der Waals surface area (Å²) >= 11 is 1.86. The van der Waals surface area contributed by atoms with E-state index >= 15 is 0 Å². The molecule has 0 amide bonds. The molecule has 0 unspecified atom stereocenters. The monoisotopic (exact) mass is 1590 g/mol. The maximum absolute atomic E-state index is 6.87. The average molecular weight is 1590 g/mol. The minimum Gasteiger partial charge on any atom is -0.456 e. The van der Waals surface area contributed by atoms with Crippen LogP contribution in [0.25, 0.3) is 233 Å². The Hall–Kier alpha value is -16.3. The highest BCUT2D eigenvalue weighted by Crippen LogP contribution is 2.52. The van der Waals surface area contributed by atoms with Gasteiger partial charge in [-0.15, -0.1) is 11.3 Å². The predicted octanol–water partition coefficient (Wildman–Crippen LogP) is 30.3. The smallest absolute Gasteiger partial charge is 0.160 e. The second kappa shape index (κ2) is 31.9. The van der Waals surface area contributed by atoms with Crippen molar-refractivity contribution in [3.8, 4) is 168 Å². The van der Waals surface area contributed by atoms with Crippen LogP contribution in [0.2, 0.25) is 0 Å². The van der Waals surface area contributed by atoms with E-state index in [1.54, 1.807) is 12.4 Å². The Morgan fingerprint density at radius 3 is 1.23 bits per heavy atom. The van der Waals surface area contributed by atoms with E-state index < -0.39 is 0 Å². The molecule has 0 N–H and O–H groups in total. The summed E-state index contributed by atoms with van der Waals surface area (Å²) in [7, 11) is 0. The van der Waals surface area contributed by atoms with Gasteiger partial charge in [0.05, 0.1) is 62.0 Å². The van der Waals surface area contributed by atoms with Crippen molar-refractivity contribution in [1.29, 1.82) is 0 Å². The maximum atomic E-state index is 6.87. The van der Waals surface area contributed by atoms with Crippen LogP contribution >= 0.6 is 11.3 Å². The molecular weight excluding hydrogens is 1520 g/mol. The molecule has 0 atom stereocenters. The Morgan fingerprint density at radius 2 is 0.650 bits per heavy atom. The average Bonchev–Trinajstić information content (AvgIpc) is 1.61. The summed E-state index contributed by atoms with van der Waals surface area (Å²) in [4.78, 5) is 36.4. The van der Waals surface area contributed by atoms with Gasteiger partial charge < -0.3 is 8.83 Å². The highest BCUT2D eigenvalue weighted by atomic mass is 32.1. The van der Waals surface area contributed by atoms with E-state index in [9.17, 15) is 0 Å². The molecule has 23 aromatic rings. The fraction of sp³-hybridized carbons (Fsp3) is 0. The summed E-state index contributed by atoms with van der Waals surface area (Å²) in [6.45, 7) is 0. The van der Waals surface area contributed by atoms with E-state index in [2.05, 4.69) is 331 Å². The molecule has 0 aliphatic heterocycles. The first-order valence-corrected chi connectivity index (χ1v) is 41.9. The first kappa shape index (κ1) is 73.1. The number of fused-ring (bicyclic) bond motifs is 9. The van der Waals surface area contributed by atoms with Crippen LogP contribution in [0.1, 0.15) is 0 Å². The Kier molecular flexibility index (Phi) is 19.0. The van der Waals surface area contributed by atoms with Gasteiger partial charge in [0.25, 0.3) is 0 Å². The zero-order chi connectivity index (χ0) is 81.5. The first-order valence-electron chi connectivity index (χ1n) is 41.1. The molecule has 0 spiro atoms. The van der Waals surface area contributed by atoms with Gasteiger partial charge in [0.15, 0.2) is 5.82 Å². The number of hydrogen-bond acceptors (Lipinski definition) is 10. The second-order valence-electron chi connectivity index (χ2n) is 30.5. The van der Waals surface area contributed by atoms with Crippen LogP contribution < -0.4 is 0 Å². The van der Waals surface area contributed by atoms with Gasteiger partial charge in [-0.25, -0.2) is 24.9 Å². The molecule has 9 nitrogen and oxygen atoms in total. The van der Waals surface area contributed by atoms with Crippen LogP contribution in [0, 0.1) is 0 Å². The topological polar surface area (TPSA) is 117 Å². The lowest BCUT2D eigenvalue weighted by atomic mass is 9.94. The third-order valence-electron chi connectivity index (χ3n) is 22.9. The van der Waals surface area contributed by atoms with E-state index in [1.807, 2.05) is 108 Å². The van der Waals surface area contributed by atoms with Crippen molar-refractivity contribution >= 4 is 76.1 Å². The Bertz CT molecular complexity index is 7790. The summed E-state index contributed by atoms with van der Waals surface area (Å²) < 4.78 is 14.4. The van der Waals surface area contributed by atoms with Crippen LogP contribution in [0.4, 0.5) is 0 Å². The van der Waals surface area contributed by atoms with Crippen molar-refractivity contribution < 1.29 is 8.83 Å². The largest absolute Gasteiger partial charge is 0.456 e. The Balaban J connectivity index is 0.000000150. The molecule has 14 aromatic carbocycles. The number of pyridine rings is 5. The first-order chi connectivity index (χ1) is 61.0. The predicted molar refractivity (Wildman–Crippen MR) is 506 cm³/mol. The molecule has 0 aliphatic rings. The summed E-state index contributed by atoms with van der Waals surface area (Å²) in [5.41, 5.74) is 32.0. The molecule has 23 rings (SSSR count). The lowest BCUT2D eigenvalue weighted by Crippen LogP contribution is -1.96. The standard InChI is InChI=1S/C63H39N3OS.C50H32N4O/c1-4-16-43(17-5-1)57-59-60(64-52-27-12-10-24-50(52)62(59)68-61(57)45-18-6-2-7-19-45)44-36-32-41(33-37-44)40-30-34-42(35-31-40)53-39-54(66-63(65-53)46-20-8-3-9-21-46)48-23-14-22-47(38-48)49-26-15-29-56-58(49)51-25-11-13-28-55(51)67-56;1-3-13-36(14-4-1)46-47-48(54-41-18-8-7-17-40(41)50(47)55-49(46)38-15-5-2-6-16-38)37-27-25-34(26-28-37)33-21-23-35(24-22-33)39-31-44(42-19-9-11-29-51-42)53-45(32-39)43-20-10-12-30-52-43/h1-39H;1-32H. The van der Waals surface area contributed by atoms with Crippen LogP contribution in [-0.4, -0.2) is 34.9 Å². The van der Waals surface area contributed by atoms with Gasteiger partial charge in [-0.2, -0.15) is 0 Å². The Morgan fingerprint density at radius 1 is 0.220 bits per heavy atom. The number of aromatic nitrogens is 7. The van der Waals surface area contributed by atoms with E-state index in [0.717, 1.165) is 190 Å². The van der Waals surface area contributed by atoms with Gasteiger partial charge >= 0.3 is 0 Å². The fourth-order valence-electron chi connectivity index (χ4n) is 17.0. The summed E-state index contributed by atoms with van der Waals surface area (Å²) in [5.74, 6) is 1.52. The van der Waals surface area contributed by atoms with Gasteiger partial charge in [-0.1, -0.05) is 340 Å². The second-order valence-corrected chi connectivity index (χ2v) is 31.5. The number of nitrogens with zero attached hydrogens (tertiary/aromatic N) is 7. The van der Waals surface area contributed by atoms with Crippen LogP contribution in [0.15, 0.2) is 440 Å². The van der Waals surface area contributed by atoms with Gasteiger partial charge in [0, 0.05) is 93.4 Å². The lowest BCUT2D eigenvalue weighted by molar-refractivity contribution is 0.636.